The fourth-order valence-corrected chi connectivity index (χ4v) is 3.01. The maximum absolute atomic E-state index is 12.8. The smallest absolute Gasteiger partial charge is 0.325 e. The number of nitrogens with zero attached hydrogens (tertiary/aromatic N) is 1. The summed E-state index contributed by atoms with van der Waals surface area (Å²) in [6.45, 7) is 10.3. The lowest BCUT2D eigenvalue weighted by Gasteiger charge is -2.24. The quantitative estimate of drug-likeness (QED) is 0.625. The average Bonchev–Trinajstić information content (AvgIpc) is 2.78. The van der Waals surface area contributed by atoms with Gasteiger partial charge in [0.05, 0.1) is 6.61 Å². The molecule has 142 valence electrons. The number of nitrogens with one attached hydrogen (secondary N) is 1. The van der Waals surface area contributed by atoms with E-state index in [2.05, 4.69) is 26.1 Å². The van der Waals surface area contributed by atoms with Gasteiger partial charge < -0.3 is 10.1 Å². The highest BCUT2D eigenvalue weighted by Crippen LogP contribution is 2.31. The second-order valence-electron chi connectivity index (χ2n) is 7.75. The molecule has 26 heavy (non-hydrogen) atoms. The third-order valence-electron chi connectivity index (χ3n) is 4.67. The topological polar surface area (TPSA) is 75.7 Å². The number of ether oxygens (including phenoxy) is 1. The molecule has 2 rings (SSSR count). The predicted octanol–water partition coefficient (Wildman–Crippen LogP) is 3.09. The number of esters is 1. The van der Waals surface area contributed by atoms with Crippen molar-refractivity contribution in [2.75, 3.05) is 13.2 Å². The first-order valence-electron chi connectivity index (χ1n) is 9.00. The van der Waals surface area contributed by atoms with Crippen LogP contribution >= 0.6 is 0 Å². The van der Waals surface area contributed by atoms with Crippen LogP contribution in [0.3, 0.4) is 0 Å². The largest absolute Gasteiger partial charge is 0.466 e. The molecule has 0 bridgehead atoms. The molecular formula is C20H28N2O4. The number of hydrogen-bond acceptors (Lipinski definition) is 4. The van der Waals surface area contributed by atoms with Crippen LogP contribution in [0.2, 0.25) is 0 Å². The Labute approximate surface area is 154 Å². The minimum absolute atomic E-state index is 0.0154. The van der Waals surface area contributed by atoms with Gasteiger partial charge in [0.25, 0.3) is 5.91 Å². The average molecular weight is 360 g/mol. The van der Waals surface area contributed by atoms with Crippen molar-refractivity contribution in [3.8, 4) is 0 Å². The van der Waals surface area contributed by atoms with Gasteiger partial charge in [-0.05, 0) is 36.8 Å². The van der Waals surface area contributed by atoms with E-state index < -0.39 is 11.6 Å². The first-order chi connectivity index (χ1) is 12.1. The zero-order valence-corrected chi connectivity index (χ0v) is 16.2. The highest BCUT2D eigenvalue weighted by Gasteiger charge is 2.48. The second kappa shape index (κ2) is 7.48. The van der Waals surface area contributed by atoms with Crippen LogP contribution in [0.4, 0.5) is 4.79 Å². The van der Waals surface area contributed by atoms with Crippen molar-refractivity contribution in [3.05, 3.63) is 35.4 Å². The van der Waals surface area contributed by atoms with Gasteiger partial charge in [-0.15, -0.1) is 0 Å². The van der Waals surface area contributed by atoms with Crippen LogP contribution in [0, 0.1) is 0 Å². The monoisotopic (exact) mass is 360 g/mol. The van der Waals surface area contributed by atoms with Gasteiger partial charge in [-0.3, -0.25) is 14.5 Å². The van der Waals surface area contributed by atoms with Gasteiger partial charge in [0.1, 0.15) is 5.54 Å². The maximum Gasteiger partial charge on any atom is 0.325 e. The molecule has 0 saturated carbocycles. The molecule has 1 atom stereocenters. The lowest BCUT2D eigenvalue weighted by molar-refractivity contribution is -0.143. The fourth-order valence-electron chi connectivity index (χ4n) is 3.01. The SMILES string of the molecule is CCOC(=O)CCCN1C(=O)NC(C)(c2ccc(C(C)(C)C)cc2)C1=O. The Kier molecular flexibility index (Phi) is 5.74. The molecule has 1 unspecified atom stereocenters. The Morgan fingerprint density at radius 1 is 1.19 bits per heavy atom. The lowest BCUT2D eigenvalue weighted by atomic mass is 9.84. The van der Waals surface area contributed by atoms with Crippen LogP contribution in [0.25, 0.3) is 0 Å². The number of carbonyl (C=O) groups excluding carboxylic acids is 3. The van der Waals surface area contributed by atoms with Gasteiger partial charge in [-0.2, -0.15) is 0 Å². The number of hydrogen-bond donors (Lipinski definition) is 1. The number of rotatable bonds is 6. The molecule has 0 spiro atoms. The molecule has 1 aromatic rings. The van der Waals surface area contributed by atoms with E-state index in [9.17, 15) is 14.4 Å². The predicted molar refractivity (Wildman–Crippen MR) is 98.6 cm³/mol. The van der Waals surface area contributed by atoms with Crippen LogP contribution in [0.1, 0.15) is 58.6 Å². The van der Waals surface area contributed by atoms with Gasteiger partial charge in [0, 0.05) is 13.0 Å². The first kappa shape index (κ1) is 19.9. The molecule has 1 fully saturated rings. The Morgan fingerprint density at radius 3 is 2.35 bits per heavy atom. The summed E-state index contributed by atoms with van der Waals surface area (Å²) in [7, 11) is 0. The molecule has 1 aliphatic heterocycles. The molecule has 1 heterocycles. The van der Waals surface area contributed by atoms with Gasteiger partial charge in [0.2, 0.25) is 0 Å². The molecule has 0 aromatic heterocycles. The summed E-state index contributed by atoms with van der Waals surface area (Å²) >= 11 is 0. The molecule has 1 saturated heterocycles. The third kappa shape index (κ3) is 4.06. The van der Waals surface area contributed by atoms with E-state index in [-0.39, 0.29) is 30.3 Å². The van der Waals surface area contributed by atoms with Crippen molar-refractivity contribution in [1.82, 2.24) is 10.2 Å². The van der Waals surface area contributed by atoms with E-state index in [1.54, 1.807) is 13.8 Å². The maximum atomic E-state index is 12.8. The Hall–Kier alpha value is -2.37. The van der Waals surface area contributed by atoms with E-state index in [1.165, 1.54) is 4.90 Å². The molecule has 0 aliphatic carbocycles. The third-order valence-corrected chi connectivity index (χ3v) is 4.67. The van der Waals surface area contributed by atoms with Gasteiger partial charge in [0.15, 0.2) is 0 Å². The number of urea groups is 1. The summed E-state index contributed by atoms with van der Waals surface area (Å²) in [5, 5.41) is 2.79. The molecular weight excluding hydrogens is 332 g/mol. The van der Waals surface area contributed by atoms with Crippen molar-refractivity contribution in [2.45, 2.75) is 58.4 Å². The van der Waals surface area contributed by atoms with Crippen molar-refractivity contribution >= 4 is 17.9 Å². The van der Waals surface area contributed by atoms with Crippen molar-refractivity contribution in [1.29, 1.82) is 0 Å². The number of benzene rings is 1. The number of carbonyl (C=O) groups is 3. The number of imide groups is 1. The second-order valence-corrected chi connectivity index (χ2v) is 7.75. The normalized spacial score (nSPS) is 20.3. The molecule has 1 aromatic carbocycles. The van der Waals surface area contributed by atoms with Crippen LogP contribution in [0.5, 0.6) is 0 Å². The molecule has 6 nitrogen and oxygen atoms in total. The Bertz CT molecular complexity index is 691. The molecule has 6 heteroatoms. The summed E-state index contributed by atoms with van der Waals surface area (Å²) in [6, 6.07) is 7.33. The Balaban J connectivity index is 2.09. The summed E-state index contributed by atoms with van der Waals surface area (Å²) < 4.78 is 4.87. The fraction of sp³-hybridized carbons (Fsp3) is 0.550. The van der Waals surface area contributed by atoms with Crippen molar-refractivity contribution in [2.24, 2.45) is 0 Å². The summed E-state index contributed by atoms with van der Waals surface area (Å²) in [5.74, 6) is -0.616. The highest BCUT2D eigenvalue weighted by atomic mass is 16.5. The minimum atomic E-state index is -1.09. The first-order valence-corrected chi connectivity index (χ1v) is 9.00. The van der Waals surface area contributed by atoms with Crippen LogP contribution in [-0.2, 0) is 25.3 Å². The summed E-state index contributed by atoms with van der Waals surface area (Å²) in [4.78, 5) is 37.7. The van der Waals surface area contributed by atoms with Crippen LogP contribution < -0.4 is 5.32 Å². The summed E-state index contributed by atoms with van der Waals surface area (Å²) in [6.07, 6.45) is 0.568. The van der Waals surface area contributed by atoms with E-state index in [4.69, 9.17) is 4.74 Å². The Morgan fingerprint density at radius 2 is 1.81 bits per heavy atom. The van der Waals surface area contributed by atoms with E-state index in [0.29, 0.717) is 13.0 Å². The standard InChI is InChI=1S/C20H28N2O4/c1-6-26-16(23)8-7-13-22-17(24)20(5,21-18(22)25)15-11-9-14(10-12-15)19(2,3)4/h9-12H,6-8,13H2,1-5H3,(H,21,25). The minimum Gasteiger partial charge on any atom is -0.466 e. The van der Waals surface area contributed by atoms with Crippen LogP contribution in [-0.4, -0.2) is 36.0 Å². The number of amides is 3. The summed E-state index contributed by atoms with van der Waals surface area (Å²) in [5.41, 5.74) is 0.837. The molecule has 1 N–H and O–H groups in total. The molecule has 1 aliphatic rings. The van der Waals surface area contributed by atoms with Crippen molar-refractivity contribution < 1.29 is 19.1 Å². The van der Waals surface area contributed by atoms with Crippen molar-refractivity contribution in [3.63, 3.8) is 0 Å². The van der Waals surface area contributed by atoms with E-state index >= 15 is 0 Å². The molecule has 3 amide bonds. The van der Waals surface area contributed by atoms with Gasteiger partial charge in [-0.1, -0.05) is 45.0 Å². The zero-order valence-electron chi connectivity index (χ0n) is 16.2. The lowest BCUT2D eigenvalue weighted by Crippen LogP contribution is -2.41. The van der Waals surface area contributed by atoms with Gasteiger partial charge >= 0.3 is 12.0 Å². The molecule has 0 radical (unpaired) electrons. The highest BCUT2D eigenvalue weighted by molar-refractivity contribution is 6.07. The zero-order chi connectivity index (χ0) is 19.5. The van der Waals surface area contributed by atoms with Crippen LogP contribution in [0.15, 0.2) is 24.3 Å². The van der Waals surface area contributed by atoms with E-state index in [1.807, 2.05) is 24.3 Å². The van der Waals surface area contributed by atoms with E-state index in [0.717, 1.165) is 11.1 Å². The van der Waals surface area contributed by atoms with Gasteiger partial charge in [-0.25, -0.2) is 4.79 Å².